The molecule has 0 aromatic heterocycles. The SMILES string of the molecule is C[C@@H]1[C@@H](C)CCC[C@H]1NC(=O)CSC(=O)c1ccccc1. The summed E-state index contributed by atoms with van der Waals surface area (Å²) in [5.41, 5.74) is 0.648. The van der Waals surface area contributed by atoms with Gasteiger partial charge in [-0.2, -0.15) is 0 Å². The van der Waals surface area contributed by atoms with Crippen molar-refractivity contribution in [1.29, 1.82) is 0 Å². The van der Waals surface area contributed by atoms with Crippen LogP contribution in [0, 0.1) is 11.8 Å². The van der Waals surface area contributed by atoms with Crippen molar-refractivity contribution in [3.63, 3.8) is 0 Å². The second-order valence-electron chi connectivity index (χ2n) is 5.88. The third kappa shape index (κ3) is 4.60. The van der Waals surface area contributed by atoms with E-state index in [2.05, 4.69) is 19.2 Å². The van der Waals surface area contributed by atoms with Crippen LogP contribution in [0.4, 0.5) is 0 Å². The Balaban J connectivity index is 1.78. The summed E-state index contributed by atoms with van der Waals surface area (Å²) in [5, 5.41) is 3.05. The Morgan fingerprint density at radius 2 is 1.90 bits per heavy atom. The molecule has 0 bridgehead atoms. The second-order valence-corrected chi connectivity index (χ2v) is 6.83. The third-order valence-corrected chi connectivity index (χ3v) is 5.30. The molecule has 0 aliphatic heterocycles. The molecule has 1 N–H and O–H groups in total. The quantitative estimate of drug-likeness (QED) is 0.926. The highest BCUT2D eigenvalue weighted by molar-refractivity contribution is 8.14. The smallest absolute Gasteiger partial charge is 0.230 e. The van der Waals surface area contributed by atoms with Crippen molar-refractivity contribution in [2.45, 2.75) is 39.2 Å². The number of hydrogen-bond acceptors (Lipinski definition) is 3. The monoisotopic (exact) mass is 305 g/mol. The predicted molar refractivity (Wildman–Crippen MR) is 87.3 cm³/mol. The van der Waals surface area contributed by atoms with E-state index in [4.69, 9.17) is 0 Å². The zero-order chi connectivity index (χ0) is 15.2. The lowest BCUT2D eigenvalue weighted by Crippen LogP contribution is -2.44. The first-order valence-corrected chi connectivity index (χ1v) is 8.58. The van der Waals surface area contributed by atoms with E-state index in [1.165, 1.54) is 12.8 Å². The van der Waals surface area contributed by atoms with Crippen LogP contribution in [0.5, 0.6) is 0 Å². The molecule has 21 heavy (non-hydrogen) atoms. The Kier molecular flexibility index (Phi) is 5.85. The number of amides is 1. The van der Waals surface area contributed by atoms with Gasteiger partial charge in [-0.25, -0.2) is 0 Å². The first-order chi connectivity index (χ1) is 10.1. The van der Waals surface area contributed by atoms with Crippen molar-refractivity contribution >= 4 is 22.8 Å². The van der Waals surface area contributed by atoms with Crippen LogP contribution in [-0.2, 0) is 4.79 Å². The number of rotatable bonds is 4. The van der Waals surface area contributed by atoms with Gasteiger partial charge in [0, 0.05) is 11.6 Å². The minimum absolute atomic E-state index is 0.0322. The molecule has 0 radical (unpaired) electrons. The molecule has 0 heterocycles. The van der Waals surface area contributed by atoms with Crippen molar-refractivity contribution in [3.05, 3.63) is 35.9 Å². The summed E-state index contributed by atoms with van der Waals surface area (Å²) >= 11 is 1.08. The Morgan fingerprint density at radius 3 is 2.62 bits per heavy atom. The maximum atomic E-state index is 12.0. The predicted octanol–water partition coefficient (Wildman–Crippen LogP) is 3.50. The molecule has 1 aliphatic rings. The Labute approximate surface area is 130 Å². The summed E-state index contributed by atoms with van der Waals surface area (Å²) in [6.07, 6.45) is 3.47. The van der Waals surface area contributed by atoms with Crippen molar-refractivity contribution in [3.8, 4) is 0 Å². The van der Waals surface area contributed by atoms with E-state index in [1.54, 1.807) is 12.1 Å². The molecular formula is C17H23NO2S. The van der Waals surface area contributed by atoms with E-state index in [0.717, 1.165) is 18.2 Å². The molecule has 1 aromatic rings. The van der Waals surface area contributed by atoms with E-state index >= 15 is 0 Å². The van der Waals surface area contributed by atoms with Gasteiger partial charge in [0.1, 0.15) is 0 Å². The van der Waals surface area contributed by atoms with Gasteiger partial charge < -0.3 is 5.32 Å². The van der Waals surface area contributed by atoms with Crippen LogP contribution in [0.15, 0.2) is 30.3 Å². The molecule has 1 amide bonds. The summed E-state index contributed by atoms with van der Waals surface area (Å²) in [6, 6.07) is 9.35. The third-order valence-electron chi connectivity index (χ3n) is 4.40. The summed E-state index contributed by atoms with van der Waals surface area (Å²) < 4.78 is 0. The fraction of sp³-hybridized carbons (Fsp3) is 0.529. The van der Waals surface area contributed by atoms with Gasteiger partial charge in [0.05, 0.1) is 5.75 Å². The number of thioether (sulfide) groups is 1. The first-order valence-electron chi connectivity index (χ1n) is 7.59. The molecule has 114 valence electrons. The summed E-state index contributed by atoms with van der Waals surface area (Å²) in [4.78, 5) is 24.0. The first kappa shape index (κ1) is 16.1. The number of hydrogen-bond donors (Lipinski definition) is 1. The molecule has 1 fully saturated rings. The van der Waals surface area contributed by atoms with Gasteiger partial charge in [0.15, 0.2) is 0 Å². The molecule has 1 aromatic carbocycles. The summed E-state index contributed by atoms with van der Waals surface area (Å²) in [7, 11) is 0. The largest absolute Gasteiger partial charge is 0.352 e. The minimum Gasteiger partial charge on any atom is -0.352 e. The van der Waals surface area contributed by atoms with Gasteiger partial charge in [-0.05, 0) is 18.3 Å². The number of carbonyl (C=O) groups excluding carboxylic acids is 2. The molecule has 1 aliphatic carbocycles. The van der Waals surface area contributed by atoms with Crippen molar-refractivity contribution < 1.29 is 9.59 Å². The zero-order valence-corrected chi connectivity index (χ0v) is 13.5. The van der Waals surface area contributed by atoms with Crippen molar-refractivity contribution in [2.75, 3.05) is 5.75 Å². The second kappa shape index (κ2) is 7.64. The van der Waals surface area contributed by atoms with Gasteiger partial charge in [0.2, 0.25) is 11.0 Å². The molecule has 0 unspecified atom stereocenters. The maximum Gasteiger partial charge on any atom is 0.230 e. The molecule has 2 rings (SSSR count). The molecule has 0 spiro atoms. The van der Waals surface area contributed by atoms with Crippen LogP contribution < -0.4 is 5.32 Å². The van der Waals surface area contributed by atoms with Crippen LogP contribution in [0.25, 0.3) is 0 Å². The van der Waals surface area contributed by atoms with Gasteiger partial charge in [0.25, 0.3) is 0 Å². The lowest BCUT2D eigenvalue weighted by atomic mass is 9.78. The molecule has 3 atom stereocenters. The molecular weight excluding hydrogens is 282 g/mol. The van der Waals surface area contributed by atoms with Crippen molar-refractivity contribution in [1.82, 2.24) is 5.32 Å². The average molecular weight is 305 g/mol. The van der Waals surface area contributed by atoms with Crippen LogP contribution in [0.2, 0.25) is 0 Å². The van der Waals surface area contributed by atoms with E-state index in [9.17, 15) is 9.59 Å². The highest BCUT2D eigenvalue weighted by atomic mass is 32.2. The van der Waals surface area contributed by atoms with Gasteiger partial charge in [-0.1, -0.05) is 68.8 Å². The fourth-order valence-corrected chi connectivity index (χ4v) is 3.47. The summed E-state index contributed by atoms with van der Waals surface area (Å²) in [5.74, 6) is 1.33. The highest BCUT2D eigenvalue weighted by Crippen LogP contribution is 2.29. The van der Waals surface area contributed by atoms with Gasteiger partial charge >= 0.3 is 0 Å². The Morgan fingerprint density at radius 1 is 1.19 bits per heavy atom. The highest BCUT2D eigenvalue weighted by Gasteiger charge is 2.28. The Bertz CT molecular complexity index is 489. The molecule has 0 saturated heterocycles. The molecule has 4 heteroatoms. The standard InChI is InChI=1S/C17H23NO2S/c1-12-7-6-10-15(13(12)2)18-16(19)11-21-17(20)14-8-4-3-5-9-14/h3-5,8-9,12-13,15H,6-7,10-11H2,1-2H3,(H,18,19)/t12-,13+,15+/m0/s1. The van der Waals surface area contributed by atoms with E-state index in [0.29, 0.717) is 17.4 Å². The number of carbonyl (C=O) groups is 2. The molecule has 1 saturated carbocycles. The minimum atomic E-state index is -0.0455. The fourth-order valence-electron chi connectivity index (χ4n) is 2.82. The van der Waals surface area contributed by atoms with Crippen LogP contribution >= 0.6 is 11.8 Å². The van der Waals surface area contributed by atoms with Crippen molar-refractivity contribution in [2.24, 2.45) is 11.8 Å². The zero-order valence-electron chi connectivity index (χ0n) is 12.7. The lowest BCUT2D eigenvalue weighted by molar-refractivity contribution is -0.120. The van der Waals surface area contributed by atoms with Crippen LogP contribution in [0.1, 0.15) is 43.5 Å². The van der Waals surface area contributed by atoms with Gasteiger partial charge in [-0.3, -0.25) is 9.59 Å². The number of nitrogens with one attached hydrogen (secondary N) is 1. The van der Waals surface area contributed by atoms with E-state index < -0.39 is 0 Å². The summed E-state index contributed by atoms with van der Waals surface area (Å²) in [6.45, 7) is 4.45. The maximum absolute atomic E-state index is 12.0. The van der Waals surface area contributed by atoms with E-state index in [-0.39, 0.29) is 22.8 Å². The topological polar surface area (TPSA) is 46.2 Å². The Hall–Kier alpha value is -1.29. The average Bonchev–Trinajstić information content (AvgIpc) is 2.50. The molecule has 3 nitrogen and oxygen atoms in total. The van der Waals surface area contributed by atoms with E-state index in [1.807, 2.05) is 18.2 Å². The lowest BCUT2D eigenvalue weighted by Gasteiger charge is -2.34. The number of benzene rings is 1. The van der Waals surface area contributed by atoms with Gasteiger partial charge in [-0.15, -0.1) is 0 Å². The van der Waals surface area contributed by atoms with Crippen LogP contribution in [-0.4, -0.2) is 22.8 Å². The normalized spacial score (nSPS) is 25.3. The van der Waals surface area contributed by atoms with Crippen LogP contribution in [0.3, 0.4) is 0 Å².